The highest BCUT2D eigenvalue weighted by Crippen LogP contribution is 2.16. The second kappa shape index (κ2) is 5.56. The Kier molecular flexibility index (Phi) is 3.85. The summed E-state index contributed by atoms with van der Waals surface area (Å²) in [5.41, 5.74) is 6.28. The summed E-state index contributed by atoms with van der Waals surface area (Å²) in [4.78, 5) is 17.6. The first-order chi connectivity index (χ1) is 8.70. The van der Waals surface area contributed by atoms with E-state index in [2.05, 4.69) is 15.1 Å². The monoisotopic (exact) mass is 250 g/mol. The fourth-order valence-electron chi connectivity index (χ4n) is 1.37. The molecule has 0 spiro atoms. The molecule has 96 valence electrons. The number of nitrogens with zero attached hydrogens (tertiary/aromatic N) is 2. The summed E-state index contributed by atoms with van der Waals surface area (Å²) in [6.45, 7) is 2.80. The Morgan fingerprint density at radius 1 is 1.56 bits per heavy atom. The van der Waals surface area contributed by atoms with Gasteiger partial charge in [-0.15, -0.1) is 0 Å². The van der Waals surface area contributed by atoms with Gasteiger partial charge in [0.25, 0.3) is 5.89 Å². The molecule has 0 aliphatic carbocycles. The number of nitrogens with two attached hydrogens (primary N) is 1. The molecule has 18 heavy (non-hydrogen) atoms. The molecule has 7 nitrogen and oxygen atoms in total. The van der Waals surface area contributed by atoms with Crippen molar-refractivity contribution in [1.82, 2.24) is 15.1 Å². The quantitative estimate of drug-likeness (QED) is 0.798. The molecular formula is C11H14N4O3. The van der Waals surface area contributed by atoms with E-state index in [-0.39, 0.29) is 5.56 Å². The van der Waals surface area contributed by atoms with Crippen molar-refractivity contribution in [2.24, 2.45) is 5.73 Å². The third-order valence-corrected chi connectivity index (χ3v) is 2.31. The lowest BCUT2D eigenvalue weighted by Gasteiger charge is -2.05. The van der Waals surface area contributed by atoms with Crippen molar-refractivity contribution in [2.45, 2.75) is 13.0 Å². The third kappa shape index (κ3) is 2.82. The predicted molar refractivity (Wildman–Crippen MR) is 63.8 cm³/mol. The molecule has 0 aliphatic heterocycles. The highest BCUT2D eigenvalue weighted by molar-refractivity contribution is 5.50. The number of aromatic amines is 1. The van der Waals surface area contributed by atoms with Gasteiger partial charge in [-0.3, -0.25) is 4.79 Å². The molecule has 0 bridgehead atoms. The molecule has 0 fully saturated rings. The Morgan fingerprint density at radius 3 is 3.06 bits per heavy atom. The van der Waals surface area contributed by atoms with Gasteiger partial charge in [0.05, 0.1) is 18.2 Å². The van der Waals surface area contributed by atoms with Crippen molar-refractivity contribution in [3.63, 3.8) is 0 Å². The normalized spacial score (nSPS) is 12.6. The van der Waals surface area contributed by atoms with Gasteiger partial charge in [-0.2, -0.15) is 4.98 Å². The molecule has 2 aromatic rings. The molecule has 0 amide bonds. The molecule has 0 saturated carbocycles. The van der Waals surface area contributed by atoms with Crippen LogP contribution >= 0.6 is 0 Å². The largest absolute Gasteiger partial charge is 0.380 e. The number of ether oxygens (including phenoxy) is 1. The first-order valence-corrected chi connectivity index (χ1v) is 5.56. The van der Waals surface area contributed by atoms with Gasteiger partial charge in [-0.05, 0) is 13.0 Å². The maximum Gasteiger partial charge on any atom is 0.259 e. The number of pyridine rings is 1. The highest BCUT2D eigenvalue weighted by Gasteiger charge is 2.15. The van der Waals surface area contributed by atoms with Gasteiger partial charge in [0.15, 0.2) is 5.82 Å². The molecule has 0 aromatic carbocycles. The second-order valence-corrected chi connectivity index (χ2v) is 3.67. The zero-order chi connectivity index (χ0) is 13.0. The van der Waals surface area contributed by atoms with E-state index in [0.717, 1.165) is 0 Å². The van der Waals surface area contributed by atoms with Gasteiger partial charge in [0.2, 0.25) is 5.56 Å². The number of rotatable bonds is 5. The molecule has 1 atom stereocenters. The lowest BCUT2D eigenvalue weighted by atomic mass is 10.3. The number of H-pyrrole nitrogens is 1. The van der Waals surface area contributed by atoms with Crippen LogP contribution in [-0.4, -0.2) is 28.3 Å². The topological polar surface area (TPSA) is 107 Å². The Balaban J connectivity index is 2.14. The minimum absolute atomic E-state index is 0.188. The zero-order valence-corrected chi connectivity index (χ0v) is 9.92. The summed E-state index contributed by atoms with van der Waals surface area (Å²) >= 11 is 0. The summed E-state index contributed by atoms with van der Waals surface area (Å²) in [6.07, 6.45) is 1.51. The molecule has 2 heterocycles. The highest BCUT2D eigenvalue weighted by atomic mass is 16.5. The molecule has 0 aliphatic rings. The van der Waals surface area contributed by atoms with E-state index in [1.54, 1.807) is 6.07 Å². The van der Waals surface area contributed by atoms with Gasteiger partial charge in [0.1, 0.15) is 0 Å². The number of hydrogen-bond acceptors (Lipinski definition) is 6. The Hall–Kier alpha value is -1.99. The molecule has 0 saturated heterocycles. The molecule has 2 aromatic heterocycles. The summed E-state index contributed by atoms with van der Waals surface area (Å²) in [6, 6.07) is 2.56. The van der Waals surface area contributed by atoms with E-state index in [1.165, 1.54) is 12.3 Å². The van der Waals surface area contributed by atoms with Crippen LogP contribution < -0.4 is 11.3 Å². The van der Waals surface area contributed by atoms with Crippen LogP contribution in [0.3, 0.4) is 0 Å². The lowest BCUT2D eigenvalue weighted by Crippen LogP contribution is -2.18. The van der Waals surface area contributed by atoms with Gasteiger partial charge in [-0.1, -0.05) is 5.16 Å². The minimum Gasteiger partial charge on any atom is -0.380 e. The summed E-state index contributed by atoms with van der Waals surface area (Å²) < 4.78 is 10.3. The van der Waals surface area contributed by atoms with Crippen LogP contribution in [0.25, 0.3) is 11.5 Å². The second-order valence-electron chi connectivity index (χ2n) is 3.67. The number of hydrogen-bond donors (Lipinski definition) is 2. The van der Waals surface area contributed by atoms with Crippen molar-refractivity contribution in [2.75, 3.05) is 13.2 Å². The molecule has 0 radical (unpaired) electrons. The SMILES string of the molecule is CCOCC(N)c1noc(-c2ccc(=O)[nH]c2)n1. The van der Waals surface area contributed by atoms with Crippen molar-refractivity contribution in [3.8, 4) is 11.5 Å². The standard InChI is InChI=1S/C11H14N4O3/c1-2-17-6-8(12)10-14-11(18-15-10)7-3-4-9(16)13-5-7/h3-5,8H,2,6,12H2,1H3,(H,13,16). The van der Waals surface area contributed by atoms with Crippen LogP contribution in [0.2, 0.25) is 0 Å². The van der Waals surface area contributed by atoms with Crippen LogP contribution in [0.5, 0.6) is 0 Å². The molecular weight excluding hydrogens is 236 g/mol. The maximum absolute atomic E-state index is 10.9. The predicted octanol–water partition coefficient (Wildman–Crippen LogP) is 0.461. The zero-order valence-electron chi connectivity index (χ0n) is 9.92. The van der Waals surface area contributed by atoms with Gasteiger partial charge in [-0.25, -0.2) is 0 Å². The third-order valence-electron chi connectivity index (χ3n) is 2.31. The average molecular weight is 250 g/mol. The van der Waals surface area contributed by atoms with Crippen LogP contribution in [-0.2, 0) is 4.74 Å². The van der Waals surface area contributed by atoms with Crippen molar-refractivity contribution < 1.29 is 9.26 Å². The van der Waals surface area contributed by atoms with E-state index in [9.17, 15) is 4.79 Å². The van der Waals surface area contributed by atoms with E-state index >= 15 is 0 Å². The van der Waals surface area contributed by atoms with Crippen molar-refractivity contribution in [3.05, 3.63) is 34.5 Å². The number of nitrogens with one attached hydrogen (secondary N) is 1. The Labute approximate surface area is 103 Å². The van der Waals surface area contributed by atoms with Crippen LogP contribution in [0.4, 0.5) is 0 Å². The molecule has 3 N–H and O–H groups in total. The molecule has 1 unspecified atom stereocenters. The first kappa shape index (κ1) is 12.5. The van der Waals surface area contributed by atoms with Crippen LogP contribution in [0.1, 0.15) is 18.8 Å². The smallest absolute Gasteiger partial charge is 0.259 e. The lowest BCUT2D eigenvalue weighted by molar-refractivity contribution is 0.130. The fraction of sp³-hybridized carbons (Fsp3) is 0.364. The minimum atomic E-state index is -0.426. The van der Waals surface area contributed by atoms with E-state index in [1.807, 2.05) is 6.92 Å². The first-order valence-electron chi connectivity index (χ1n) is 5.56. The Bertz CT molecular complexity index is 543. The Morgan fingerprint density at radius 2 is 2.39 bits per heavy atom. The maximum atomic E-state index is 10.9. The summed E-state index contributed by atoms with van der Waals surface area (Å²) in [7, 11) is 0. The van der Waals surface area contributed by atoms with Crippen molar-refractivity contribution >= 4 is 0 Å². The van der Waals surface area contributed by atoms with Gasteiger partial charge < -0.3 is 20.0 Å². The average Bonchev–Trinajstić information content (AvgIpc) is 2.86. The summed E-state index contributed by atoms with van der Waals surface area (Å²) in [5.74, 6) is 0.692. The van der Waals surface area contributed by atoms with Crippen LogP contribution in [0.15, 0.2) is 27.6 Å². The van der Waals surface area contributed by atoms with E-state index in [4.69, 9.17) is 15.0 Å². The van der Waals surface area contributed by atoms with E-state index < -0.39 is 6.04 Å². The summed E-state index contributed by atoms with van der Waals surface area (Å²) in [5, 5.41) is 3.78. The van der Waals surface area contributed by atoms with Gasteiger partial charge >= 0.3 is 0 Å². The fourth-order valence-corrected chi connectivity index (χ4v) is 1.37. The van der Waals surface area contributed by atoms with Crippen LogP contribution in [0, 0.1) is 0 Å². The van der Waals surface area contributed by atoms with E-state index in [0.29, 0.717) is 30.5 Å². The van der Waals surface area contributed by atoms with Gasteiger partial charge in [0, 0.05) is 18.9 Å². The molecule has 7 heteroatoms. The van der Waals surface area contributed by atoms with Crippen molar-refractivity contribution in [1.29, 1.82) is 0 Å². The number of aromatic nitrogens is 3. The molecule has 2 rings (SSSR count).